The summed E-state index contributed by atoms with van der Waals surface area (Å²) in [5.41, 5.74) is 2.38. The van der Waals surface area contributed by atoms with Gasteiger partial charge in [-0.1, -0.05) is 54.1 Å². The molecule has 0 bridgehead atoms. The van der Waals surface area contributed by atoms with E-state index < -0.39 is 30.7 Å². The maximum Gasteiger partial charge on any atom is 0.186 e. The zero-order chi connectivity index (χ0) is 20.6. The number of hydrogen-bond donors (Lipinski definition) is 0. The van der Waals surface area contributed by atoms with Gasteiger partial charge in [-0.2, -0.15) is 0 Å². The first kappa shape index (κ1) is 19.7. The Bertz CT molecular complexity index is 1260. The summed E-state index contributed by atoms with van der Waals surface area (Å²) in [4.78, 5) is 0.150. The highest BCUT2D eigenvalue weighted by Gasteiger charge is 2.43. The van der Waals surface area contributed by atoms with Crippen molar-refractivity contribution < 1.29 is 21.6 Å². The summed E-state index contributed by atoms with van der Waals surface area (Å²) in [6.45, 7) is 2.28. The molecule has 1 atom stereocenters. The van der Waals surface area contributed by atoms with Gasteiger partial charge in [0.1, 0.15) is 17.6 Å². The van der Waals surface area contributed by atoms with Crippen LogP contribution < -0.4 is 4.74 Å². The molecule has 1 aliphatic rings. The van der Waals surface area contributed by atoms with Crippen molar-refractivity contribution >= 4 is 19.7 Å². The molecule has 1 unspecified atom stereocenters. The molecule has 150 valence electrons. The van der Waals surface area contributed by atoms with E-state index in [1.807, 2.05) is 31.2 Å². The van der Waals surface area contributed by atoms with E-state index in [2.05, 4.69) is 0 Å². The minimum absolute atomic E-state index is 0.0312. The Morgan fingerprint density at radius 2 is 1.72 bits per heavy atom. The Hall–Kier alpha value is -2.64. The van der Waals surface area contributed by atoms with Crippen LogP contribution in [0.5, 0.6) is 5.75 Å². The summed E-state index contributed by atoms with van der Waals surface area (Å²) >= 11 is 0. The molecule has 3 aromatic rings. The Balaban J connectivity index is 1.65. The van der Waals surface area contributed by atoms with Crippen LogP contribution in [0, 0.1) is 6.92 Å². The number of sulfone groups is 2. The lowest BCUT2D eigenvalue weighted by molar-refractivity contribution is 0.305. The number of aryl methyl sites for hydroxylation is 1. The number of benzene rings is 3. The molecule has 5 nitrogen and oxygen atoms in total. The normalized spacial score (nSPS) is 17.6. The molecule has 0 amide bonds. The first-order valence-electron chi connectivity index (χ1n) is 9.11. The van der Waals surface area contributed by atoms with Crippen molar-refractivity contribution in [1.29, 1.82) is 0 Å². The van der Waals surface area contributed by atoms with Crippen LogP contribution >= 0.6 is 0 Å². The lowest BCUT2D eigenvalue weighted by atomic mass is 10.1. The molecule has 0 saturated carbocycles. The Morgan fingerprint density at radius 3 is 2.45 bits per heavy atom. The van der Waals surface area contributed by atoms with E-state index in [0.29, 0.717) is 17.9 Å². The molecule has 0 radical (unpaired) electrons. The maximum atomic E-state index is 13.0. The maximum absolute atomic E-state index is 13.0. The molecule has 0 fully saturated rings. The van der Waals surface area contributed by atoms with Gasteiger partial charge in [-0.25, -0.2) is 16.8 Å². The van der Waals surface area contributed by atoms with Crippen LogP contribution in [0.1, 0.15) is 21.9 Å². The van der Waals surface area contributed by atoms with Crippen LogP contribution in [0.15, 0.2) is 82.6 Å². The van der Waals surface area contributed by atoms with Gasteiger partial charge in [0.2, 0.25) is 0 Å². The van der Waals surface area contributed by atoms with E-state index in [-0.39, 0.29) is 9.79 Å². The molecule has 7 heteroatoms. The van der Waals surface area contributed by atoms with Crippen LogP contribution in [0.3, 0.4) is 0 Å². The van der Waals surface area contributed by atoms with Gasteiger partial charge >= 0.3 is 0 Å². The molecule has 1 heterocycles. The van der Waals surface area contributed by atoms with Gasteiger partial charge in [0, 0.05) is 0 Å². The fourth-order valence-corrected chi connectivity index (χ4v) is 7.87. The van der Waals surface area contributed by atoms with Crippen LogP contribution in [0.4, 0.5) is 0 Å². The Kier molecular flexibility index (Phi) is 4.96. The zero-order valence-corrected chi connectivity index (χ0v) is 17.4. The Labute approximate surface area is 170 Å². The number of fused-ring (bicyclic) bond motifs is 1. The summed E-state index contributed by atoms with van der Waals surface area (Å²) in [6.07, 6.45) is 0. The second kappa shape index (κ2) is 7.31. The molecule has 29 heavy (non-hydrogen) atoms. The molecule has 1 aliphatic heterocycles. The second-order valence-electron chi connectivity index (χ2n) is 7.11. The van der Waals surface area contributed by atoms with Gasteiger partial charge in [0.25, 0.3) is 0 Å². The largest absolute Gasteiger partial charge is 0.489 e. The number of rotatable bonds is 5. The first-order valence-corrected chi connectivity index (χ1v) is 12.3. The minimum Gasteiger partial charge on any atom is -0.489 e. The second-order valence-corrected chi connectivity index (χ2v) is 11.2. The minimum atomic E-state index is -3.82. The molecule has 0 spiro atoms. The summed E-state index contributed by atoms with van der Waals surface area (Å²) in [5, 5.41) is -1.12. The van der Waals surface area contributed by atoms with Crippen molar-refractivity contribution in [2.45, 2.75) is 28.6 Å². The van der Waals surface area contributed by atoms with E-state index in [4.69, 9.17) is 4.74 Å². The van der Waals surface area contributed by atoms with Crippen LogP contribution in [0.2, 0.25) is 0 Å². The zero-order valence-electron chi connectivity index (χ0n) is 15.8. The lowest BCUT2D eigenvalue weighted by Gasteiger charge is -2.13. The summed E-state index contributed by atoms with van der Waals surface area (Å²) < 4.78 is 57.2. The van der Waals surface area contributed by atoms with Gasteiger partial charge < -0.3 is 4.74 Å². The monoisotopic (exact) mass is 428 g/mol. The van der Waals surface area contributed by atoms with E-state index in [0.717, 1.165) is 11.1 Å². The lowest BCUT2D eigenvalue weighted by Crippen LogP contribution is -2.15. The quantitative estimate of drug-likeness (QED) is 0.616. The highest BCUT2D eigenvalue weighted by Crippen LogP contribution is 2.42. The molecule has 3 aromatic carbocycles. The highest BCUT2D eigenvalue weighted by atomic mass is 32.2. The molecule has 0 aliphatic carbocycles. The number of ether oxygens (including phenoxy) is 1. The summed E-state index contributed by atoms with van der Waals surface area (Å²) in [5.74, 6) is -0.0625. The van der Waals surface area contributed by atoms with Gasteiger partial charge in [0.05, 0.1) is 15.5 Å². The average molecular weight is 429 g/mol. The van der Waals surface area contributed by atoms with Crippen molar-refractivity contribution in [1.82, 2.24) is 0 Å². The third-order valence-corrected chi connectivity index (χ3v) is 9.08. The Morgan fingerprint density at radius 1 is 0.966 bits per heavy atom. The van der Waals surface area contributed by atoms with Crippen molar-refractivity contribution in [2.75, 3.05) is 5.75 Å². The van der Waals surface area contributed by atoms with Crippen molar-refractivity contribution in [3.8, 4) is 5.75 Å². The van der Waals surface area contributed by atoms with E-state index in [1.165, 1.54) is 18.2 Å². The SMILES string of the molecule is Cc1cccc(COc2ccc3c(c2)S(=O)(=O)CC3S(=O)(=O)c2ccccc2)c1. The number of hydrogen-bond acceptors (Lipinski definition) is 5. The molecular weight excluding hydrogens is 408 g/mol. The van der Waals surface area contributed by atoms with Crippen molar-refractivity contribution in [3.05, 3.63) is 89.5 Å². The van der Waals surface area contributed by atoms with E-state index in [9.17, 15) is 16.8 Å². The van der Waals surface area contributed by atoms with Gasteiger partial charge in [-0.05, 0) is 42.3 Å². The van der Waals surface area contributed by atoms with Crippen LogP contribution in [0.25, 0.3) is 0 Å². The molecule has 0 saturated heterocycles. The van der Waals surface area contributed by atoms with Gasteiger partial charge in [-0.3, -0.25) is 0 Å². The third-order valence-electron chi connectivity index (χ3n) is 4.97. The van der Waals surface area contributed by atoms with E-state index in [1.54, 1.807) is 30.3 Å². The molecule has 0 aromatic heterocycles. The standard InChI is InChI=1S/C22H20O5S2/c1-16-6-5-7-17(12-16)14-27-18-10-11-20-21(13-18)28(23,24)15-22(20)29(25,26)19-8-3-2-4-9-19/h2-13,22H,14-15H2,1H3. The summed E-state index contributed by atoms with van der Waals surface area (Å²) in [6, 6.07) is 20.4. The topological polar surface area (TPSA) is 77.5 Å². The highest BCUT2D eigenvalue weighted by molar-refractivity contribution is 7.96. The predicted octanol–water partition coefficient (Wildman–Crippen LogP) is 3.88. The van der Waals surface area contributed by atoms with Gasteiger partial charge in [-0.15, -0.1) is 0 Å². The smallest absolute Gasteiger partial charge is 0.186 e. The van der Waals surface area contributed by atoms with Crippen LogP contribution in [-0.4, -0.2) is 22.6 Å². The fourth-order valence-electron chi connectivity index (χ4n) is 3.52. The molecular formula is C22H20O5S2. The third kappa shape index (κ3) is 3.80. The van der Waals surface area contributed by atoms with Gasteiger partial charge in [0.15, 0.2) is 19.7 Å². The average Bonchev–Trinajstić information content (AvgIpc) is 2.98. The van der Waals surface area contributed by atoms with Crippen molar-refractivity contribution in [3.63, 3.8) is 0 Å². The predicted molar refractivity (Wildman–Crippen MR) is 110 cm³/mol. The fraction of sp³-hybridized carbons (Fsp3) is 0.182. The van der Waals surface area contributed by atoms with Crippen molar-refractivity contribution in [2.24, 2.45) is 0 Å². The molecule has 4 rings (SSSR count). The first-order chi connectivity index (χ1) is 13.8. The molecule has 0 N–H and O–H groups in total. The summed E-state index contributed by atoms with van der Waals surface area (Å²) in [7, 11) is -7.53. The van der Waals surface area contributed by atoms with Crippen LogP contribution in [-0.2, 0) is 26.3 Å². The van der Waals surface area contributed by atoms with E-state index >= 15 is 0 Å².